The van der Waals surface area contributed by atoms with Crippen LogP contribution in [0.2, 0.25) is 0 Å². The van der Waals surface area contributed by atoms with Crippen molar-refractivity contribution in [3.63, 3.8) is 0 Å². The van der Waals surface area contributed by atoms with Crippen molar-refractivity contribution in [1.82, 2.24) is 4.90 Å². The molecule has 2 heteroatoms. The van der Waals surface area contributed by atoms with Crippen LogP contribution in [0.25, 0.3) is 0 Å². The van der Waals surface area contributed by atoms with Crippen LogP contribution < -0.4 is 0 Å². The van der Waals surface area contributed by atoms with Gasteiger partial charge in [-0.2, -0.15) is 0 Å². The fourth-order valence-corrected chi connectivity index (χ4v) is 2.30. The Balaban J connectivity index is 2.52. The summed E-state index contributed by atoms with van der Waals surface area (Å²) in [5.41, 5.74) is 0.151. The van der Waals surface area contributed by atoms with Gasteiger partial charge < -0.3 is 5.11 Å². The van der Waals surface area contributed by atoms with Gasteiger partial charge >= 0.3 is 0 Å². The van der Waals surface area contributed by atoms with Crippen LogP contribution in [0.3, 0.4) is 0 Å². The number of nitrogens with zero attached hydrogens (tertiary/aromatic N) is 1. The van der Waals surface area contributed by atoms with Gasteiger partial charge in [0.15, 0.2) is 0 Å². The fourth-order valence-electron chi connectivity index (χ4n) is 2.30. The van der Waals surface area contributed by atoms with Crippen LogP contribution in [-0.2, 0) is 0 Å². The van der Waals surface area contributed by atoms with Crippen molar-refractivity contribution in [3.8, 4) is 0 Å². The third-order valence-electron chi connectivity index (χ3n) is 3.95. The van der Waals surface area contributed by atoms with Gasteiger partial charge in [0.05, 0.1) is 0 Å². The molecule has 90 valence electrons. The van der Waals surface area contributed by atoms with Crippen molar-refractivity contribution in [1.29, 1.82) is 0 Å². The zero-order chi connectivity index (χ0) is 11.3. The predicted octanol–water partition coefficient (Wildman–Crippen LogP) is 2.66. The Bertz CT molecular complexity index is 165. The highest BCUT2D eigenvalue weighted by Crippen LogP contribution is 2.33. The molecule has 1 aliphatic carbocycles. The molecule has 0 aromatic carbocycles. The van der Waals surface area contributed by atoms with E-state index >= 15 is 0 Å². The minimum atomic E-state index is 0.151. The smallest absolute Gasteiger partial charge is 0.0499 e. The lowest BCUT2D eigenvalue weighted by Gasteiger charge is -2.36. The van der Waals surface area contributed by atoms with Crippen molar-refractivity contribution < 1.29 is 5.11 Å². The van der Waals surface area contributed by atoms with Crippen LogP contribution in [0.15, 0.2) is 0 Å². The standard InChI is InChI=1S/C13H27NO/c1-4-9-14(12-7-8-12)10-13(5-2,6-3)11-15/h12,15H,4-11H2,1-3H3. The van der Waals surface area contributed by atoms with E-state index in [4.69, 9.17) is 0 Å². The molecule has 0 aromatic heterocycles. The molecule has 1 aliphatic rings. The molecule has 15 heavy (non-hydrogen) atoms. The summed E-state index contributed by atoms with van der Waals surface area (Å²) in [5, 5.41) is 9.57. The zero-order valence-corrected chi connectivity index (χ0v) is 10.6. The van der Waals surface area contributed by atoms with Gasteiger partial charge in [-0.15, -0.1) is 0 Å². The van der Waals surface area contributed by atoms with Gasteiger partial charge in [-0.3, -0.25) is 4.90 Å². The van der Waals surface area contributed by atoms with Crippen molar-refractivity contribution >= 4 is 0 Å². The Morgan fingerprint density at radius 3 is 2.13 bits per heavy atom. The normalized spacial score (nSPS) is 17.4. The molecule has 1 fully saturated rings. The molecule has 0 bridgehead atoms. The number of aliphatic hydroxyl groups excluding tert-OH is 1. The summed E-state index contributed by atoms with van der Waals surface area (Å²) in [6.45, 7) is 9.29. The Labute approximate surface area is 94.7 Å². The molecule has 0 aromatic rings. The fraction of sp³-hybridized carbons (Fsp3) is 1.00. The van der Waals surface area contributed by atoms with E-state index in [2.05, 4.69) is 25.7 Å². The predicted molar refractivity (Wildman–Crippen MR) is 65.0 cm³/mol. The third kappa shape index (κ3) is 3.46. The number of hydrogen-bond donors (Lipinski definition) is 1. The quantitative estimate of drug-likeness (QED) is 0.670. The van der Waals surface area contributed by atoms with Crippen LogP contribution in [0, 0.1) is 5.41 Å². The van der Waals surface area contributed by atoms with E-state index in [9.17, 15) is 5.11 Å². The maximum Gasteiger partial charge on any atom is 0.0499 e. The van der Waals surface area contributed by atoms with E-state index in [0.29, 0.717) is 6.61 Å². The first-order valence-electron chi connectivity index (χ1n) is 6.56. The lowest BCUT2D eigenvalue weighted by Crippen LogP contribution is -2.41. The van der Waals surface area contributed by atoms with Crippen LogP contribution in [0.1, 0.15) is 52.9 Å². The first-order valence-corrected chi connectivity index (χ1v) is 6.56. The highest BCUT2D eigenvalue weighted by atomic mass is 16.3. The van der Waals surface area contributed by atoms with E-state index < -0.39 is 0 Å². The van der Waals surface area contributed by atoms with Crippen LogP contribution in [0.5, 0.6) is 0 Å². The maximum atomic E-state index is 9.57. The minimum Gasteiger partial charge on any atom is -0.396 e. The average Bonchev–Trinajstić information content (AvgIpc) is 3.09. The molecule has 0 radical (unpaired) electrons. The van der Waals surface area contributed by atoms with Crippen molar-refractivity contribution in [2.45, 2.75) is 58.9 Å². The van der Waals surface area contributed by atoms with Gasteiger partial charge in [-0.1, -0.05) is 20.8 Å². The topological polar surface area (TPSA) is 23.5 Å². The summed E-state index contributed by atoms with van der Waals surface area (Å²) in [6, 6.07) is 0.828. The summed E-state index contributed by atoms with van der Waals surface area (Å²) in [5.74, 6) is 0. The summed E-state index contributed by atoms with van der Waals surface area (Å²) in [7, 11) is 0. The molecule has 0 amide bonds. The zero-order valence-electron chi connectivity index (χ0n) is 10.6. The highest BCUT2D eigenvalue weighted by molar-refractivity contribution is 4.89. The Hall–Kier alpha value is -0.0800. The van der Waals surface area contributed by atoms with Crippen molar-refractivity contribution in [2.75, 3.05) is 19.7 Å². The first-order chi connectivity index (χ1) is 7.21. The Morgan fingerprint density at radius 1 is 1.20 bits per heavy atom. The number of rotatable bonds is 8. The maximum absolute atomic E-state index is 9.57. The van der Waals surface area contributed by atoms with Gasteiger partial charge in [-0.25, -0.2) is 0 Å². The SMILES string of the molecule is CCCN(CC(CC)(CC)CO)C1CC1. The molecule has 0 saturated heterocycles. The van der Waals surface area contributed by atoms with Gasteiger partial charge in [0.1, 0.15) is 0 Å². The first kappa shape index (κ1) is 13.0. The Kier molecular flexibility index (Phi) is 5.07. The van der Waals surface area contributed by atoms with E-state index in [-0.39, 0.29) is 5.41 Å². The minimum absolute atomic E-state index is 0.151. The van der Waals surface area contributed by atoms with Crippen LogP contribution in [0.4, 0.5) is 0 Å². The van der Waals surface area contributed by atoms with Gasteiger partial charge in [0, 0.05) is 24.6 Å². The molecule has 0 heterocycles. The third-order valence-corrected chi connectivity index (χ3v) is 3.95. The van der Waals surface area contributed by atoms with Crippen LogP contribution in [-0.4, -0.2) is 35.7 Å². The number of aliphatic hydroxyl groups is 1. The summed E-state index contributed by atoms with van der Waals surface area (Å²) >= 11 is 0. The molecular formula is C13H27NO. The average molecular weight is 213 g/mol. The molecule has 2 nitrogen and oxygen atoms in total. The summed E-state index contributed by atoms with van der Waals surface area (Å²) < 4.78 is 0. The van der Waals surface area contributed by atoms with Crippen LogP contribution >= 0.6 is 0 Å². The second kappa shape index (κ2) is 5.86. The summed E-state index contributed by atoms with van der Waals surface area (Å²) in [6.07, 6.45) is 6.15. The molecule has 1 N–H and O–H groups in total. The van der Waals surface area contributed by atoms with E-state index in [1.165, 1.54) is 25.8 Å². The number of hydrogen-bond acceptors (Lipinski definition) is 2. The molecule has 0 aliphatic heterocycles. The molecule has 0 atom stereocenters. The second-order valence-electron chi connectivity index (χ2n) is 5.07. The second-order valence-corrected chi connectivity index (χ2v) is 5.07. The van der Waals surface area contributed by atoms with E-state index in [1.807, 2.05) is 0 Å². The van der Waals surface area contributed by atoms with Gasteiger partial charge in [0.2, 0.25) is 0 Å². The lowest BCUT2D eigenvalue weighted by atomic mass is 9.82. The van der Waals surface area contributed by atoms with Crippen molar-refractivity contribution in [2.24, 2.45) is 5.41 Å². The summed E-state index contributed by atoms with van der Waals surface area (Å²) in [4.78, 5) is 2.60. The van der Waals surface area contributed by atoms with Gasteiger partial charge in [0.25, 0.3) is 0 Å². The Morgan fingerprint density at radius 2 is 1.80 bits per heavy atom. The molecule has 0 unspecified atom stereocenters. The molecule has 0 spiro atoms. The van der Waals surface area contributed by atoms with Gasteiger partial charge in [-0.05, 0) is 38.6 Å². The lowest BCUT2D eigenvalue weighted by molar-refractivity contribution is 0.0623. The molecule has 1 saturated carbocycles. The molecule has 1 rings (SSSR count). The molecular weight excluding hydrogens is 186 g/mol. The highest BCUT2D eigenvalue weighted by Gasteiger charge is 2.34. The van der Waals surface area contributed by atoms with Crippen molar-refractivity contribution in [3.05, 3.63) is 0 Å². The van der Waals surface area contributed by atoms with E-state index in [0.717, 1.165) is 25.4 Å². The monoisotopic (exact) mass is 213 g/mol. The van der Waals surface area contributed by atoms with E-state index in [1.54, 1.807) is 0 Å². The largest absolute Gasteiger partial charge is 0.396 e.